The zero-order chi connectivity index (χ0) is 11.3. The van der Waals surface area contributed by atoms with Gasteiger partial charge in [-0.15, -0.1) is 0 Å². The van der Waals surface area contributed by atoms with E-state index in [0.717, 1.165) is 19.4 Å². The molecule has 2 N–H and O–H groups in total. The summed E-state index contributed by atoms with van der Waals surface area (Å²) in [7, 11) is 1.92. The number of nitrogens with zero attached hydrogens (tertiary/aromatic N) is 2. The van der Waals surface area contributed by atoms with Crippen molar-refractivity contribution in [2.75, 3.05) is 6.61 Å². The molecule has 0 radical (unpaired) electrons. The Hall–Kier alpha value is -0.870. The molecule has 4 heteroatoms. The lowest BCUT2D eigenvalue weighted by Gasteiger charge is -2.19. The Balaban J connectivity index is 2.30. The van der Waals surface area contributed by atoms with Crippen LogP contribution >= 0.6 is 0 Å². The van der Waals surface area contributed by atoms with Gasteiger partial charge in [0.2, 0.25) is 0 Å². The summed E-state index contributed by atoms with van der Waals surface area (Å²) in [6, 6.07) is 0.102. The fourth-order valence-corrected chi connectivity index (χ4v) is 1.56. The van der Waals surface area contributed by atoms with Crippen LogP contribution in [0.2, 0.25) is 0 Å². The normalized spacial score (nSPS) is 15.2. The van der Waals surface area contributed by atoms with Crippen molar-refractivity contribution in [1.82, 2.24) is 9.78 Å². The van der Waals surface area contributed by atoms with E-state index in [4.69, 9.17) is 10.5 Å². The zero-order valence-corrected chi connectivity index (χ0v) is 9.81. The number of nitrogens with two attached hydrogens (primary N) is 1. The number of hydrogen-bond acceptors (Lipinski definition) is 3. The quantitative estimate of drug-likeness (QED) is 0.766. The molecule has 0 aliphatic carbocycles. The number of hydrogen-bond donors (Lipinski definition) is 1. The third kappa shape index (κ3) is 4.01. The maximum atomic E-state index is 6.01. The van der Waals surface area contributed by atoms with Crippen molar-refractivity contribution in [3.8, 4) is 0 Å². The number of ether oxygens (including phenoxy) is 1. The van der Waals surface area contributed by atoms with E-state index in [2.05, 4.69) is 5.10 Å². The van der Waals surface area contributed by atoms with Crippen LogP contribution in [0.4, 0.5) is 0 Å². The van der Waals surface area contributed by atoms with E-state index in [9.17, 15) is 0 Å². The van der Waals surface area contributed by atoms with Crippen LogP contribution in [0.3, 0.4) is 0 Å². The van der Waals surface area contributed by atoms with Crippen LogP contribution < -0.4 is 5.73 Å². The molecule has 1 aromatic heterocycles. The van der Waals surface area contributed by atoms with Gasteiger partial charge in [-0.2, -0.15) is 5.10 Å². The first kappa shape index (κ1) is 12.2. The van der Waals surface area contributed by atoms with Crippen LogP contribution in [0.25, 0.3) is 0 Å². The molecule has 2 unspecified atom stereocenters. The van der Waals surface area contributed by atoms with Crippen molar-refractivity contribution in [2.45, 2.75) is 38.8 Å². The smallest absolute Gasteiger partial charge is 0.0697 e. The lowest BCUT2D eigenvalue weighted by atomic mass is 10.1. The Kier molecular flexibility index (Phi) is 4.78. The van der Waals surface area contributed by atoms with Crippen molar-refractivity contribution in [2.24, 2.45) is 12.8 Å². The van der Waals surface area contributed by atoms with E-state index in [1.54, 1.807) is 0 Å². The SMILES string of the molecule is CCOC(C)C(N)CCc1cnn(C)c1. The van der Waals surface area contributed by atoms with Crippen LogP contribution in [0, 0.1) is 0 Å². The molecule has 1 aromatic rings. The van der Waals surface area contributed by atoms with E-state index in [1.165, 1.54) is 5.56 Å². The predicted molar refractivity (Wildman–Crippen MR) is 60.6 cm³/mol. The fraction of sp³-hybridized carbons (Fsp3) is 0.727. The fourth-order valence-electron chi connectivity index (χ4n) is 1.56. The van der Waals surface area contributed by atoms with E-state index >= 15 is 0 Å². The van der Waals surface area contributed by atoms with Gasteiger partial charge in [0.1, 0.15) is 0 Å². The van der Waals surface area contributed by atoms with E-state index < -0.39 is 0 Å². The number of aryl methyl sites for hydroxylation is 2. The van der Waals surface area contributed by atoms with Crippen molar-refractivity contribution in [3.05, 3.63) is 18.0 Å². The molecule has 1 rings (SSSR count). The molecule has 0 saturated heterocycles. The molecule has 2 atom stereocenters. The monoisotopic (exact) mass is 211 g/mol. The van der Waals surface area contributed by atoms with Crippen molar-refractivity contribution in [1.29, 1.82) is 0 Å². The highest BCUT2D eigenvalue weighted by Crippen LogP contribution is 2.07. The van der Waals surface area contributed by atoms with Gasteiger partial charge in [0.15, 0.2) is 0 Å². The molecule has 1 heterocycles. The zero-order valence-electron chi connectivity index (χ0n) is 9.81. The Bertz CT molecular complexity index is 285. The molecule has 0 spiro atoms. The second kappa shape index (κ2) is 5.88. The maximum absolute atomic E-state index is 6.01. The molecular weight excluding hydrogens is 190 g/mol. The van der Waals surface area contributed by atoms with E-state index in [-0.39, 0.29) is 12.1 Å². The topological polar surface area (TPSA) is 53.1 Å². The highest BCUT2D eigenvalue weighted by atomic mass is 16.5. The summed E-state index contributed by atoms with van der Waals surface area (Å²) in [5.41, 5.74) is 7.24. The summed E-state index contributed by atoms with van der Waals surface area (Å²) in [5.74, 6) is 0. The minimum absolute atomic E-state index is 0.102. The molecule has 0 fully saturated rings. The van der Waals surface area contributed by atoms with Gasteiger partial charge in [-0.1, -0.05) is 0 Å². The molecule has 0 aliphatic heterocycles. The van der Waals surface area contributed by atoms with E-state index in [1.807, 2.05) is 38.0 Å². The molecule has 0 bridgehead atoms. The van der Waals surface area contributed by atoms with Gasteiger partial charge in [0, 0.05) is 25.9 Å². The first-order valence-electron chi connectivity index (χ1n) is 5.48. The van der Waals surface area contributed by atoms with Crippen LogP contribution in [0.5, 0.6) is 0 Å². The molecule has 0 amide bonds. The van der Waals surface area contributed by atoms with Gasteiger partial charge < -0.3 is 10.5 Å². The van der Waals surface area contributed by atoms with Gasteiger partial charge in [-0.3, -0.25) is 4.68 Å². The highest BCUT2D eigenvalue weighted by molar-refractivity contribution is 5.04. The summed E-state index contributed by atoms with van der Waals surface area (Å²) in [4.78, 5) is 0. The van der Waals surface area contributed by atoms with E-state index in [0.29, 0.717) is 0 Å². The molecule has 15 heavy (non-hydrogen) atoms. The molecule has 86 valence electrons. The van der Waals surface area contributed by atoms with Crippen molar-refractivity contribution >= 4 is 0 Å². The average Bonchev–Trinajstić information content (AvgIpc) is 2.61. The van der Waals surface area contributed by atoms with Crippen LogP contribution in [-0.2, 0) is 18.2 Å². The standard InChI is InChI=1S/C11H21N3O/c1-4-15-9(2)11(12)6-5-10-7-13-14(3)8-10/h7-9,11H,4-6,12H2,1-3H3. The van der Waals surface area contributed by atoms with Gasteiger partial charge in [-0.05, 0) is 32.3 Å². The van der Waals surface area contributed by atoms with Crippen LogP contribution in [-0.4, -0.2) is 28.5 Å². The summed E-state index contributed by atoms with van der Waals surface area (Å²) in [6.45, 7) is 4.74. The van der Waals surface area contributed by atoms with Crippen LogP contribution in [0.15, 0.2) is 12.4 Å². The van der Waals surface area contributed by atoms with Crippen molar-refractivity contribution < 1.29 is 4.74 Å². The third-order valence-electron chi connectivity index (χ3n) is 2.56. The van der Waals surface area contributed by atoms with Crippen LogP contribution in [0.1, 0.15) is 25.8 Å². The van der Waals surface area contributed by atoms with Gasteiger partial charge in [0.25, 0.3) is 0 Å². The molecule has 0 saturated carbocycles. The van der Waals surface area contributed by atoms with Gasteiger partial charge >= 0.3 is 0 Å². The number of aromatic nitrogens is 2. The predicted octanol–water partition coefficient (Wildman–Crippen LogP) is 1.10. The first-order valence-corrected chi connectivity index (χ1v) is 5.48. The Morgan fingerprint density at radius 2 is 2.33 bits per heavy atom. The third-order valence-corrected chi connectivity index (χ3v) is 2.56. The molecule has 0 aliphatic rings. The van der Waals surface area contributed by atoms with Crippen molar-refractivity contribution in [3.63, 3.8) is 0 Å². The lowest BCUT2D eigenvalue weighted by Crippen LogP contribution is -2.35. The molecular formula is C11H21N3O. The Morgan fingerprint density at radius 1 is 1.60 bits per heavy atom. The lowest BCUT2D eigenvalue weighted by molar-refractivity contribution is 0.0557. The Morgan fingerprint density at radius 3 is 2.87 bits per heavy atom. The van der Waals surface area contributed by atoms with Gasteiger partial charge in [0.05, 0.1) is 12.3 Å². The Labute approximate surface area is 91.4 Å². The maximum Gasteiger partial charge on any atom is 0.0697 e. The largest absolute Gasteiger partial charge is 0.377 e. The number of rotatable bonds is 6. The second-order valence-corrected chi connectivity index (χ2v) is 3.89. The molecule has 4 nitrogen and oxygen atoms in total. The minimum Gasteiger partial charge on any atom is -0.377 e. The summed E-state index contributed by atoms with van der Waals surface area (Å²) < 4.78 is 7.26. The summed E-state index contributed by atoms with van der Waals surface area (Å²) in [6.07, 6.45) is 5.95. The first-order chi connectivity index (χ1) is 7.13. The summed E-state index contributed by atoms with van der Waals surface area (Å²) in [5, 5.41) is 4.12. The minimum atomic E-state index is 0.102. The molecule has 0 aromatic carbocycles. The summed E-state index contributed by atoms with van der Waals surface area (Å²) >= 11 is 0. The average molecular weight is 211 g/mol. The van der Waals surface area contributed by atoms with Gasteiger partial charge in [-0.25, -0.2) is 0 Å². The second-order valence-electron chi connectivity index (χ2n) is 3.89. The highest BCUT2D eigenvalue weighted by Gasteiger charge is 2.12.